The minimum Gasteiger partial charge on any atom is -0.493 e. The zero-order valence-corrected chi connectivity index (χ0v) is 17.4. The van der Waals surface area contributed by atoms with Gasteiger partial charge in [0, 0.05) is 42.6 Å². The van der Waals surface area contributed by atoms with E-state index in [2.05, 4.69) is 0 Å². The smallest absolute Gasteiger partial charge is 0.331 e. The Kier molecular flexibility index (Phi) is 6.97. The van der Waals surface area contributed by atoms with Gasteiger partial charge < -0.3 is 24.8 Å². The molecule has 0 saturated carbocycles. The second-order valence-corrected chi connectivity index (χ2v) is 7.56. The molecule has 2 aliphatic heterocycles. The Morgan fingerprint density at radius 1 is 1.27 bits per heavy atom. The third-order valence-corrected chi connectivity index (χ3v) is 5.32. The lowest BCUT2D eigenvalue weighted by atomic mass is 9.96. The number of likely N-dealkylation sites (tertiary alicyclic amines) is 1. The molecule has 2 N–H and O–H groups in total. The van der Waals surface area contributed by atoms with Crippen LogP contribution in [0, 0.1) is 5.92 Å². The summed E-state index contributed by atoms with van der Waals surface area (Å²) in [4.78, 5) is 37.1. The van der Waals surface area contributed by atoms with E-state index in [9.17, 15) is 14.4 Å². The van der Waals surface area contributed by atoms with Gasteiger partial charge in [-0.05, 0) is 44.9 Å². The second-order valence-electron chi connectivity index (χ2n) is 7.56. The first-order chi connectivity index (χ1) is 14.4. The van der Waals surface area contributed by atoms with Gasteiger partial charge in [0.2, 0.25) is 5.91 Å². The molecule has 0 spiro atoms. The number of rotatable bonds is 7. The lowest BCUT2D eigenvalue weighted by molar-refractivity contribution is -0.149. The summed E-state index contributed by atoms with van der Waals surface area (Å²) in [5.41, 5.74) is 7.09. The highest BCUT2D eigenvalue weighted by Crippen LogP contribution is 2.35. The number of fused-ring (bicyclic) bond motifs is 1. The molecule has 2 heterocycles. The monoisotopic (exact) mass is 416 g/mol. The van der Waals surface area contributed by atoms with E-state index in [0.717, 1.165) is 17.7 Å². The number of hydrogen-bond donors (Lipinski definition) is 1. The van der Waals surface area contributed by atoms with E-state index >= 15 is 0 Å². The first-order valence-electron chi connectivity index (χ1n) is 10.3. The number of nitrogens with two attached hydrogens (primary N) is 1. The molecule has 2 amide bonds. The van der Waals surface area contributed by atoms with Crippen LogP contribution in [0.2, 0.25) is 0 Å². The topological polar surface area (TPSA) is 108 Å². The highest BCUT2D eigenvalue weighted by Gasteiger charge is 2.26. The number of esters is 1. The van der Waals surface area contributed by atoms with Crippen molar-refractivity contribution in [2.24, 2.45) is 11.7 Å². The lowest BCUT2D eigenvalue weighted by Crippen LogP contribution is -2.43. The van der Waals surface area contributed by atoms with Crippen LogP contribution < -0.4 is 15.2 Å². The Hall–Kier alpha value is -3.03. The van der Waals surface area contributed by atoms with Gasteiger partial charge in [-0.2, -0.15) is 0 Å². The largest absolute Gasteiger partial charge is 0.493 e. The first kappa shape index (κ1) is 21.7. The number of carbonyl (C=O) groups is 3. The van der Waals surface area contributed by atoms with Crippen molar-refractivity contribution in [2.45, 2.75) is 39.2 Å². The highest BCUT2D eigenvalue weighted by atomic mass is 16.5. The minimum atomic E-state index is -0.618. The number of nitrogens with zero attached hydrogens (tertiary/aromatic N) is 1. The highest BCUT2D eigenvalue weighted by molar-refractivity contribution is 5.90. The number of piperidine rings is 1. The van der Waals surface area contributed by atoms with Crippen molar-refractivity contribution in [2.75, 3.05) is 26.3 Å². The zero-order valence-electron chi connectivity index (χ0n) is 17.4. The van der Waals surface area contributed by atoms with Crippen LogP contribution in [0.3, 0.4) is 0 Å². The third kappa shape index (κ3) is 5.31. The molecule has 1 atom stereocenters. The van der Waals surface area contributed by atoms with Crippen molar-refractivity contribution >= 4 is 23.9 Å². The molecule has 8 nitrogen and oxygen atoms in total. The molecule has 0 unspecified atom stereocenters. The summed E-state index contributed by atoms with van der Waals surface area (Å²) in [5.74, 6) is 0.0250. The average molecular weight is 416 g/mol. The van der Waals surface area contributed by atoms with Crippen LogP contribution in [0.4, 0.5) is 0 Å². The summed E-state index contributed by atoms with van der Waals surface area (Å²) in [6, 6.07) is 3.79. The molecule has 30 heavy (non-hydrogen) atoms. The second kappa shape index (κ2) is 9.65. The van der Waals surface area contributed by atoms with Crippen LogP contribution >= 0.6 is 0 Å². The number of ether oxygens (including phenoxy) is 3. The van der Waals surface area contributed by atoms with Crippen LogP contribution in [0.5, 0.6) is 11.5 Å². The Bertz CT molecular complexity index is 842. The Morgan fingerprint density at radius 2 is 2.00 bits per heavy atom. The van der Waals surface area contributed by atoms with Gasteiger partial charge in [0.1, 0.15) is 17.6 Å². The fourth-order valence-corrected chi connectivity index (χ4v) is 3.71. The molecule has 1 fully saturated rings. The molecular weight excluding hydrogens is 388 g/mol. The van der Waals surface area contributed by atoms with Crippen LogP contribution in [0.25, 0.3) is 6.08 Å². The molecule has 162 valence electrons. The van der Waals surface area contributed by atoms with Gasteiger partial charge in [-0.25, -0.2) is 4.79 Å². The van der Waals surface area contributed by atoms with Crippen molar-refractivity contribution < 1.29 is 28.6 Å². The van der Waals surface area contributed by atoms with E-state index in [1.54, 1.807) is 11.0 Å². The van der Waals surface area contributed by atoms with E-state index in [4.69, 9.17) is 19.9 Å². The van der Waals surface area contributed by atoms with Crippen molar-refractivity contribution in [3.05, 3.63) is 29.3 Å². The Morgan fingerprint density at radius 3 is 2.67 bits per heavy atom. The molecule has 8 heteroatoms. The van der Waals surface area contributed by atoms with E-state index in [1.165, 1.54) is 6.08 Å². The predicted molar refractivity (Wildman–Crippen MR) is 110 cm³/mol. The summed E-state index contributed by atoms with van der Waals surface area (Å²) in [6.45, 7) is 4.93. The Labute approximate surface area is 175 Å². The number of amides is 2. The average Bonchev–Trinajstić information content (AvgIpc) is 3.09. The van der Waals surface area contributed by atoms with E-state index in [1.807, 2.05) is 26.0 Å². The molecular formula is C22H28N2O6. The van der Waals surface area contributed by atoms with E-state index in [0.29, 0.717) is 43.9 Å². The zero-order chi connectivity index (χ0) is 21.7. The molecule has 1 saturated heterocycles. The molecule has 0 aromatic heterocycles. The molecule has 0 aliphatic carbocycles. The maximum Gasteiger partial charge on any atom is 0.331 e. The summed E-state index contributed by atoms with van der Waals surface area (Å²) < 4.78 is 16.5. The van der Waals surface area contributed by atoms with Crippen LogP contribution in [-0.4, -0.2) is 55.1 Å². The quantitative estimate of drug-likeness (QED) is 0.535. The summed E-state index contributed by atoms with van der Waals surface area (Å²) in [5, 5.41) is 0. The van der Waals surface area contributed by atoms with Crippen molar-refractivity contribution in [1.82, 2.24) is 4.90 Å². The van der Waals surface area contributed by atoms with Crippen LogP contribution in [0.1, 0.15) is 37.8 Å². The van der Waals surface area contributed by atoms with Gasteiger partial charge in [0.05, 0.1) is 6.61 Å². The minimum absolute atomic E-state index is 0.109. The fourth-order valence-electron chi connectivity index (χ4n) is 3.71. The maximum atomic E-state index is 12.2. The van der Waals surface area contributed by atoms with Gasteiger partial charge >= 0.3 is 5.97 Å². The standard InChI is InChI=1S/C22H28N2O6/c1-3-28-18-12-17-10-14(2)30-19(17)11-16(18)4-5-21(26)29-13-20(25)24-8-6-15(7-9-24)22(23)27/h4-5,11-12,14-15H,3,6-10,13H2,1-2H3,(H2,23,27)/b5-4+/t14-/m0/s1. The van der Waals surface area contributed by atoms with Crippen LogP contribution in [-0.2, 0) is 25.5 Å². The molecule has 1 aromatic rings. The first-order valence-corrected chi connectivity index (χ1v) is 10.3. The Balaban J connectivity index is 1.54. The van der Waals surface area contributed by atoms with Gasteiger partial charge in [0.15, 0.2) is 6.61 Å². The molecule has 0 bridgehead atoms. The third-order valence-electron chi connectivity index (χ3n) is 5.32. The molecule has 3 rings (SSSR count). The summed E-state index contributed by atoms with van der Waals surface area (Å²) in [6.07, 6.45) is 4.87. The van der Waals surface area contributed by atoms with Crippen molar-refractivity contribution in [1.29, 1.82) is 0 Å². The lowest BCUT2D eigenvalue weighted by Gasteiger charge is -2.30. The van der Waals surface area contributed by atoms with Crippen molar-refractivity contribution in [3.63, 3.8) is 0 Å². The normalized spacial score (nSPS) is 18.7. The molecule has 2 aliphatic rings. The van der Waals surface area contributed by atoms with E-state index in [-0.39, 0.29) is 30.4 Å². The van der Waals surface area contributed by atoms with Gasteiger partial charge in [-0.3, -0.25) is 9.59 Å². The van der Waals surface area contributed by atoms with Gasteiger partial charge in [0.25, 0.3) is 5.91 Å². The molecule has 0 radical (unpaired) electrons. The summed E-state index contributed by atoms with van der Waals surface area (Å²) >= 11 is 0. The number of hydrogen-bond acceptors (Lipinski definition) is 6. The summed E-state index contributed by atoms with van der Waals surface area (Å²) in [7, 11) is 0. The van der Waals surface area contributed by atoms with Crippen molar-refractivity contribution in [3.8, 4) is 11.5 Å². The van der Waals surface area contributed by atoms with Gasteiger partial charge in [-0.1, -0.05) is 0 Å². The predicted octanol–water partition coefficient (Wildman–Crippen LogP) is 1.69. The van der Waals surface area contributed by atoms with Crippen LogP contribution in [0.15, 0.2) is 18.2 Å². The number of carbonyl (C=O) groups excluding carboxylic acids is 3. The fraction of sp³-hybridized carbons (Fsp3) is 0.500. The maximum absolute atomic E-state index is 12.2. The number of primary amides is 1. The van der Waals surface area contributed by atoms with E-state index < -0.39 is 5.97 Å². The van der Waals surface area contributed by atoms with Gasteiger partial charge in [-0.15, -0.1) is 0 Å². The molecule has 1 aromatic carbocycles. The number of benzene rings is 1. The SMILES string of the molecule is CCOc1cc2c(cc1/C=C/C(=O)OCC(=O)N1CCC(C(N)=O)CC1)O[C@@H](C)C2.